The number of aliphatic hydroxyl groups is 1. The Balaban J connectivity index is 0.835. The number of thiol groups is 2. The molecule has 1 aromatic carbocycles. The van der Waals surface area contributed by atoms with Gasteiger partial charge in [0.25, 0.3) is 22.9 Å². The molecule has 33 nitrogen and oxygen atoms in total. The van der Waals surface area contributed by atoms with Crippen molar-refractivity contribution in [3.05, 3.63) is 75.3 Å². The third-order valence-corrected chi connectivity index (χ3v) is 16.7. The minimum absolute atomic E-state index is 0.0984. The van der Waals surface area contributed by atoms with Gasteiger partial charge in [0.2, 0.25) is 29.6 Å². The van der Waals surface area contributed by atoms with Gasteiger partial charge >= 0.3 is 19.7 Å². The molecule has 0 spiro atoms. The molecular weight excluding hydrogens is 1180 g/mol. The largest absolute Gasteiger partial charge is 0.445 e. The zero-order valence-electron chi connectivity index (χ0n) is 44.1. The molecule has 0 bridgehead atoms. The Morgan fingerprint density at radius 3 is 1.93 bits per heavy atom. The number of nitrogens with two attached hydrogens (primary N) is 2. The van der Waals surface area contributed by atoms with Gasteiger partial charge < -0.3 is 52.1 Å². The molecule has 5 aromatic rings. The summed E-state index contributed by atoms with van der Waals surface area (Å²) < 4.78 is 71.8. The van der Waals surface area contributed by atoms with E-state index in [9.17, 15) is 52.6 Å². The Morgan fingerprint density at radius 2 is 1.34 bits per heavy atom. The van der Waals surface area contributed by atoms with Gasteiger partial charge in [-0.3, -0.25) is 75.7 Å². The van der Waals surface area contributed by atoms with Crippen LogP contribution in [0.2, 0.25) is 0 Å². The molecule has 4 aromatic heterocycles. The van der Waals surface area contributed by atoms with Crippen molar-refractivity contribution in [2.45, 2.75) is 114 Å². The summed E-state index contributed by atoms with van der Waals surface area (Å²) >= 11 is 8.37. The van der Waals surface area contributed by atoms with E-state index in [0.717, 1.165) is 17.6 Å². The Morgan fingerprint density at radius 1 is 0.783 bits per heavy atom. The number of aromatic nitrogens is 8. The summed E-state index contributed by atoms with van der Waals surface area (Å²) in [5, 5.41) is 22.2. The summed E-state index contributed by atoms with van der Waals surface area (Å²) in [7, 11) is 0. The maximum absolute atomic E-state index is 14.3. The number of nitrogens with one attached hydrogen (secondary N) is 6. The topological polar surface area (TPSA) is 452 Å². The van der Waals surface area contributed by atoms with E-state index in [2.05, 4.69) is 75.7 Å². The number of ether oxygens (including phenoxy) is 3. The minimum Gasteiger partial charge on any atom is -0.445 e. The van der Waals surface area contributed by atoms with Gasteiger partial charge in [0.1, 0.15) is 55.3 Å². The van der Waals surface area contributed by atoms with Gasteiger partial charge in [-0.1, -0.05) is 56.9 Å². The van der Waals surface area contributed by atoms with E-state index in [0.29, 0.717) is 30.5 Å². The van der Waals surface area contributed by atoms with E-state index < -0.39 is 117 Å². The molecule has 0 aliphatic carbocycles. The molecule has 446 valence electrons. The molecule has 12 atom stereocenters. The molecule has 6 amide bonds. The van der Waals surface area contributed by atoms with Crippen LogP contribution in [0, 0.1) is 5.92 Å². The van der Waals surface area contributed by atoms with Crippen LogP contribution in [0.25, 0.3) is 22.3 Å². The molecule has 83 heavy (non-hydrogen) atoms. The van der Waals surface area contributed by atoms with Crippen LogP contribution in [0.3, 0.4) is 0 Å². The summed E-state index contributed by atoms with van der Waals surface area (Å²) in [6.45, 7) is -5.88. The Bertz CT molecular complexity index is 3560. The normalized spacial score (nSPS) is 27.1. The van der Waals surface area contributed by atoms with Crippen LogP contribution in [-0.4, -0.2) is 153 Å². The van der Waals surface area contributed by atoms with Crippen molar-refractivity contribution in [1.82, 2.24) is 59.9 Å². The molecule has 9 rings (SSSR count). The van der Waals surface area contributed by atoms with Gasteiger partial charge in [0, 0.05) is 30.8 Å². The van der Waals surface area contributed by atoms with Gasteiger partial charge in [-0.15, -0.1) is 0 Å². The highest BCUT2D eigenvalue weighted by atomic mass is 32.7. The number of carbonyl (C=O) groups excluding carboxylic acids is 6. The average molecular weight is 1230 g/mol. The molecule has 3 fully saturated rings. The number of alkyl carbamates (subject to hydrolysis) is 1. The second kappa shape index (κ2) is 25.0. The zero-order valence-corrected chi connectivity index (χ0v) is 47.7. The zero-order chi connectivity index (χ0) is 59.7. The van der Waals surface area contributed by atoms with Crippen LogP contribution in [-0.2, 0) is 72.0 Å². The summed E-state index contributed by atoms with van der Waals surface area (Å²) in [5.41, 5.74) is 10.4. The van der Waals surface area contributed by atoms with E-state index >= 15 is 0 Å². The second-order valence-corrected chi connectivity index (χ2v) is 25.5. The number of imidazole rings is 2. The molecule has 8 heterocycles. The first-order valence-corrected chi connectivity index (χ1v) is 31.0. The fourth-order valence-electron chi connectivity index (χ4n) is 9.36. The van der Waals surface area contributed by atoms with Crippen molar-refractivity contribution in [2.24, 2.45) is 5.92 Å². The first-order valence-electron chi connectivity index (χ1n) is 25.6. The number of aliphatic hydroxyl groups excluding tert-OH is 1. The molecule has 11 N–H and O–H groups in total. The number of H-pyrrole nitrogens is 2. The lowest BCUT2D eigenvalue weighted by Gasteiger charge is -2.30. The smallest absolute Gasteiger partial charge is 0.407 e. The van der Waals surface area contributed by atoms with Crippen LogP contribution in [0.1, 0.15) is 64.5 Å². The number of anilines is 3. The lowest BCUT2D eigenvalue weighted by Crippen LogP contribution is -2.53. The molecule has 11 unspecified atom stereocenters. The summed E-state index contributed by atoms with van der Waals surface area (Å²) in [6, 6.07) is 2.59. The van der Waals surface area contributed by atoms with E-state index in [4.69, 9.17) is 43.8 Å². The summed E-state index contributed by atoms with van der Waals surface area (Å²) in [5.74, 6) is -3.24. The maximum atomic E-state index is 14.3. The molecule has 0 saturated carbocycles. The highest BCUT2D eigenvalue weighted by molar-refractivity contribution is 8.44. The number of fused-ring (bicyclic) bond motifs is 4. The number of benzene rings is 1. The van der Waals surface area contributed by atoms with E-state index in [1.807, 2.05) is 0 Å². The number of nitrogens with zero attached hydrogens (tertiary/aromatic N) is 7. The van der Waals surface area contributed by atoms with Crippen molar-refractivity contribution in [2.75, 3.05) is 36.5 Å². The first kappa shape index (κ1) is 60.5. The van der Waals surface area contributed by atoms with Gasteiger partial charge in [0.05, 0.1) is 25.9 Å². The Hall–Kier alpha value is -7.04. The number of nitrogen functional groups attached to an aromatic ring is 2. The van der Waals surface area contributed by atoms with Crippen molar-refractivity contribution >= 4 is 114 Å². The SMILES string of the molecule is CC(C)C(NC(=O)CCCCCN1C(=O)C=CC1=O)C(=O)N[C@@H](C)C(=O)Nc1ccc(COC(=O)NC2C3OP(=O)(S)OCC4OC(n5cnc6c(=O)[nH]c(N)nc65)C(O)C4OP(=O)(S)OCC3OC2n2cnc3c(=O)[nH]c(N)nc32)cc1. The van der Waals surface area contributed by atoms with Crippen LogP contribution in [0.4, 0.5) is 22.4 Å². The van der Waals surface area contributed by atoms with Crippen LogP contribution < -0.4 is 43.9 Å². The Kier molecular flexibility index (Phi) is 18.3. The maximum Gasteiger partial charge on any atom is 0.407 e. The van der Waals surface area contributed by atoms with E-state index in [1.165, 1.54) is 52.5 Å². The standard InChI is InChI=1S/C46H57N15O18P2S2/c1-20(2)29(53-26(62)7-5-4-6-14-59-27(63)12-13-28(59)64)39(67)51-21(3)38(66)52-23-10-8-22(9-11-23)15-73-46(70)54-30-34-24(76-42(30)60-18-49-31-36(60)55-44(47)57-40(31)68)16-74-81(72,83)79-35-25(17-75-80(71,82)78-34)77-43(33(35)65)61-19-50-32-37(61)56-45(48)58-41(32)69/h8-13,18-21,24-25,29-30,33-35,42-43,65H,4-7,14-17H2,1-3H3,(H,51,67)(H,52,66)(H,53,62)(H,54,70)(H,71,82)(H,72,83)(H3,47,55,57,68)(H3,48,56,58,69)/t21-,24?,25?,29?,30?,33?,34?,35?,42?,43?,80?,81?/m0/s1. The van der Waals surface area contributed by atoms with Crippen molar-refractivity contribution in [1.29, 1.82) is 0 Å². The number of hydrogen-bond acceptors (Lipinski definition) is 24. The van der Waals surface area contributed by atoms with Gasteiger partial charge in [-0.25, -0.2) is 23.9 Å². The molecule has 0 radical (unpaired) electrons. The predicted molar refractivity (Wildman–Crippen MR) is 295 cm³/mol. The van der Waals surface area contributed by atoms with E-state index in [-0.39, 0.29) is 77.4 Å². The van der Waals surface area contributed by atoms with Gasteiger partial charge in [-0.2, -0.15) is 9.97 Å². The molecule has 37 heteroatoms. The fraction of sp³-hybridized carbons (Fsp3) is 0.478. The number of imide groups is 1. The van der Waals surface area contributed by atoms with Crippen molar-refractivity contribution in [3.8, 4) is 0 Å². The fourth-order valence-corrected chi connectivity index (χ4v) is 12.4. The molecule has 4 aliphatic heterocycles. The van der Waals surface area contributed by atoms with Crippen LogP contribution >= 0.6 is 38.1 Å². The van der Waals surface area contributed by atoms with Crippen molar-refractivity contribution < 1.29 is 75.3 Å². The highest BCUT2D eigenvalue weighted by Crippen LogP contribution is 2.60. The number of carbonyl (C=O) groups is 6. The average Bonchev–Trinajstić information content (AvgIpc) is 3.74. The minimum atomic E-state index is -4.64. The van der Waals surface area contributed by atoms with E-state index in [1.54, 1.807) is 13.8 Å². The molecule has 4 aliphatic rings. The third kappa shape index (κ3) is 14.0. The van der Waals surface area contributed by atoms with Gasteiger partial charge in [0.15, 0.2) is 34.8 Å². The lowest BCUT2D eigenvalue weighted by atomic mass is 10.0. The Labute approximate surface area is 479 Å². The summed E-state index contributed by atoms with van der Waals surface area (Å²) in [4.78, 5) is 124. The number of aromatic amines is 2. The highest BCUT2D eigenvalue weighted by Gasteiger charge is 2.54. The number of hydrogen-bond donors (Lipinski definition) is 11. The van der Waals surface area contributed by atoms with Gasteiger partial charge in [-0.05, 0) is 43.4 Å². The quantitative estimate of drug-likeness (QED) is 0.0266. The number of amides is 6. The second-order valence-electron chi connectivity index (χ2n) is 19.8. The summed E-state index contributed by atoms with van der Waals surface area (Å²) in [6.07, 6.45) is -5.51. The number of rotatable bonds is 17. The monoisotopic (exact) mass is 1230 g/mol. The first-order chi connectivity index (χ1) is 39.3. The predicted octanol–water partition coefficient (Wildman–Crippen LogP) is 0.830. The van der Waals surface area contributed by atoms with Crippen LogP contribution in [0.15, 0.2) is 58.7 Å². The third-order valence-electron chi connectivity index (χ3n) is 13.5. The molecule has 3 saturated heterocycles. The number of unbranched alkanes of at least 4 members (excludes halogenated alkanes) is 2. The lowest BCUT2D eigenvalue weighted by molar-refractivity contribution is -0.137. The van der Waals surface area contributed by atoms with Crippen LogP contribution in [0.5, 0.6) is 0 Å². The van der Waals surface area contributed by atoms with Crippen molar-refractivity contribution in [3.63, 3.8) is 0 Å². The molecular formula is C46H57N15O18P2S2.